The molecule has 0 bridgehead atoms. The van der Waals surface area contributed by atoms with E-state index in [1.54, 1.807) is 32.9 Å². The van der Waals surface area contributed by atoms with Crippen molar-refractivity contribution in [1.82, 2.24) is 0 Å². The van der Waals surface area contributed by atoms with E-state index >= 15 is 0 Å². The van der Waals surface area contributed by atoms with Gasteiger partial charge in [-0.2, -0.15) is 0 Å². The van der Waals surface area contributed by atoms with Crippen LogP contribution in [0.15, 0.2) is 35.5 Å². The van der Waals surface area contributed by atoms with E-state index < -0.39 is 54.0 Å². The second-order valence-corrected chi connectivity index (χ2v) is 8.49. The van der Waals surface area contributed by atoms with Gasteiger partial charge in [0.05, 0.1) is 24.4 Å². The summed E-state index contributed by atoms with van der Waals surface area (Å²) in [5.74, 6) is -3.66. The van der Waals surface area contributed by atoms with Gasteiger partial charge < -0.3 is 19.3 Å². The van der Waals surface area contributed by atoms with Crippen LogP contribution in [0.5, 0.6) is 0 Å². The second-order valence-electron chi connectivity index (χ2n) is 8.49. The van der Waals surface area contributed by atoms with Crippen molar-refractivity contribution in [3.05, 3.63) is 35.5 Å². The van der Waals surface area contributed by atoms with Gasteiger partial charge in [-0.1, -0.05) is 40.3 Å². The highest BCUT2D eigenvalue weighted by atomic mass is 16.6. The summed E-state index contributed by atoms with van der Waals surface area (Å²) in [5.41, 5.74) is 0.765. The van der Waals surface area contributed by atoms with Crippen LogP contribution in [-0.2, 0) is 33.4 Å². The molecule has 0 amide bonds. The van der Waals surface area contributed by atoms with Gasteiger partial charge in [-0.3, -0.25) is 14.4 Å². The van der Waals surface area contributed by atoms with Gasteiger partial charge in [-0.15, -0.1) is 0 Å². The number of hydrogen-bond donors (Lipinski definition) is 1. The van der Waals surface area contributed by atoms with E-state index in [-0.39, 0.29) is 17.8 Å². The van der Waals surface area contributed by atoms with Crippen molar-refractivity contribution in [3.63, 3.8) is 0 Å². The Morgan fingerprint density at radius 3 is 2.53 bits per heavy atom. The average molecular weight is 449 g/mol. The lowest BCUT2D eigenvalue weighted by atomic mass is 9.83. The molecule has 1 aliphatic carbocycles. The number of aldehydes is 1. The first-order chi connectivity index (χ1) is 15.1. The SMILES string of the molecule is C=C1C(=O)O[C@@H]2/C=C(\CO)CC/C=C(/C=O)[C@H](OC(=O)C(C)C)[C@@H](OC(=O)[C@H](C)CC)[C@@H]12. The van der Waals surface area contributed by atoms with Gasteiger partial charge in [0.25, 0.3) is 0 Å². The summed E-state index contributed by atoms with van der Waals surface area (Å²) in [6.45, 7) is 10.4. The highest BCUT2D eigenvalue weighted by Crippen LogP contribution is 2.37. The van der Waals surface area contributed by atoms with Gasteiger partial charge in [-0.25, -0.2) is 4.79 Å². The Balaban J connectivity index is 2.65. The maximum atomic E-state index is 12.8. The van der Waals surface area contributed by atoms with Gasteiger partial charge in [0, 0.05) is 11.1 Å². The van der Waals surface area contributed by atoms with Crippen molar-refractivity contribution in [2.45, 2.75) is 65.3 Å². The molecule has 2 rings (SSSR count). The zero-order valence-corrected chi connectivity index (χ0v) is 19.0. The first kappa shape index (κ1) is 25.5. The van der Waals surface area contributed by atoms with Gasteiger partial charge in [0.2, 0.25) is 0 Å². The summed E-state index contributed by atoms with van der Waals surface area (Å²) in [6, 6.07) is 0. The van der Waals surface area contributed by atoms with Gasteiger partial charge in [-0.05, 0) is 30.9 Å². The molecule has 0 radical (unpaired) electrons. The number of rotatable bonds is 7. The van der Waals surface area contributed by atoms with Crippen LogP contribution in [0.3, 0.4) is 0 Å². The normalized spacial score (nSPS) is 30.2. The molecule has 1 aliphatic heterocycles. The van der Waals surface area contributed by atoms with E-state index in [1.165, 1.54) is 0 Å². The average Bonchev–Trinajstić information content (AvgIpc) is 3.04. The molecule has 1 N–H and O–H groups in total. The van der Waals surface area contributed by atoms with Crippen LogP contribution >= 0.6 is 0 Å². The molecule has 0 saturated carbocycles. The van der Waals surface area contributed by atoms with Crippen LogP contribution in [0.25, 0.3) is 0 Å². The fourth-order valence-electron chi connectivity index (χ4n) is 3.56. The molecule has 8 heteroatoms. The number of esters is 3. The Hall–Kier alpha value is -2.74. The van der Waals surface area contributed by atoms with E-state index in [1.807, 2.05) is 6.92 Å². The van der Waals surface area contributed by atoms with Crippen LogP contribution in [0.2, 0.25) is 0 Å². The fourth-order valence-corrected chi connectivity index (χ4v) is 3.56. The molecule has 0 aromatic rings. The Labute approximate surface area is 188 Å². The zero-order chi connectivity index (χ0) is 24.0. The van der Waals surface area contributed by atoms with Gasteiger partial charge >= 0.3 is 17.9 Å². The molecule has 1 heterocycles. The maximum absolute atomic E-state index is 12.8. The van der Waals surface area contributed by atoms with Crippen LogP contribution in [0.4, 0.5) is 0 Å². The summed E-state index contributed by atoms with van der Waals surface area (Å²) in [7, 11) is 0. The predicted octanol–water partition coefficient (Wildman–Crippen LogP) is 2.45. The highest BCUT2D eigenvalue weighted by Gasteiger charge is 2.50. The third-order valence-corrected chi connectivity index (χ3v) is 5.81. The summed E-state index contributed by atoms with van der Waals surface area (Å²) < 4.78 is 16.9. The largest absolute Gasteiger partial charge is 0.457 e. The number of carbonyl (C=O) groups is 4. The van der Waals surface area contributed by atoms with E-state index in [9.17, 15) is 24.3 Å². The van der Waals surface area contributed by atoms with Crippen molar-refractivity contribution in [1.29, 1.82) is 0 Å². The van der Waals surface area contributed by atoms with E-state index in [4.69, 9.17) is 14.2 Å². The Bertz CT molecular complexity index is 822. The minimum atomic E-state index is -1.24. The van der Waals surface area contributed by atoms with Crippen LogP contribution in [0.1, 0.15) is 47.0 Å². The number of carbonyl (C=O) groups excluding carboxylic acids is 4. The third kappa shape index (κ3) is 5.73. The van der Waals surface area contributed by atoms with Crippen LogP contribution in [-0.4, -0.2) is 54.2 Å². The quantitative estimate of drug-likeness (QED) is 0.208. The van der Waals surface area contributed by atoms with Crippen molar-refractivity contribution >= 4 is 24.2 Å². The molecule has 8 nitrogen and oxygen atoms in total. The van der Waals surface area contributed by atoms with Crippen molar-refractivity contribution < 1.29 is 38.5 Å². The molecule has 1 saturated heterocycles. The summed E-state index contributed by atoms with van der Waals surface area (Å²) in [4.78, 5) is 49.7. The molecule has 0 unspecified atom stereocenters. The fraction of sp³-hybridized carbons (Fsp3) is 0.583. The van der Waals surface area contributed by atoms with Crippen LogP contribution < -0.4 is 0 Å². The molecule has 0 aromatic carbocycles. The monoisotopic (exact) mass is 448 g/mol. The predicted molar refractivity (Wildman–Crippen MR) is 115 cm³/mol. The Morgan fingerprint density at radius 1 is 1.28 bits per heavy atom. The molecular weight excluding hydrogens is 416 g/mol. The second kappa shape index (κ2) is 11.2. The first-order valence-electron chi connectivity index (χ1n) is 10.9. The standard InChI is InChI=1S/C24H32O8/c1-6-14(4)23(28)32-21-19-15(5)24(29)30-18(19)10-16(11-25)8-7-9-17(12-26)20(21)31-22(27)13(2)3/h9-10,12-14,18-21,25H,5-8,11H2,1-4H3/b16-10-,17-9-/t14-,18-,19+,20+,21+/m1/s1. The van der Waals surface area contributed by atoms with Crippen molar-refractivity contribution in [2.24, 2.45) is 17.8 Å². The lowest BCUT2D eigenvalue weighted by molar-refractivity contribution is -0.174. The number of aliphatic hydroxyl groups excluding tert-OH is 1. The molecule has 5 atom stereocenters. The number of ether oxygens (including phenoxy) is 3. The van der Waals surface area contributed by atoms with Crippen LogP contribution in [0, 0.1) is 17.8 Å². The molecular formula is C24H32O8. The zero-order valence-electron chi connectivity index (χ0n) is 19.0. The van der Waals surface area contributed by atoms with Gasteiger partial charge in [0.1, 0.15) is 12.4 Å². The number of fused-ring (bicyclic) bond motifs is 1. The number of aliphatic hydroxyl groups is 1. The minimum Gasteiger partial charge on any atom is -0.457 e. The molecule has 1 fully saturated rings. The lowest BCUT2D eigenvalue weighted by Gasteiger charge is -2.34. The molecule has 0 aromatic heterocycles. The maximum Gasteiger partial charge on any atom is 0.334 e. The van der Waals surface area contributed by atoms with Crippen molar-refractivity contribution in [2.75, 3.05) is 6.61 Å². The summed E-state index contributed by atoms with van der Waals surface area (Å²) >= 11 is 0. The topological polar surface area (TPSA) is 116 Å². The van der Waals surface area contributed by atoms with Gasteiger partial charge in [0.15, 0.2) is 12.2 Å². The Kier molecular flexibility index (Phi) is 8.95. The Morgan fingerprint density at radius 2 is 1.97 bits per heavy atom. The number of allylic oxidation sites excluding steroid dienone is 1. The molecule has 2 aliphatic rings. The molecule has 0 spiro atoms. The first-order valence-corrected chi connectivity index (χ1v) is 10.9. The van der Waals surface area contributed by atoms with E-state index in [2.05, 4.69) is 6.58 Å². The van der Waals surface area contributed by atoms with E-state index in [0.717, 1.165) is 0 Å². The number of hydrogen-bond acceptors (Lipinski definition) is 8. The summed E-state index contributed by atoms with van der Waals surface area (Å²) in [6.07, 6.45) is 1.72. The summed E-state index contributed by atoms with van der Waals surface area (Å²) in [5, 5.41) is 9.72. The highest BCUT2D eigenvalue weighted by molar-refractivity contribution is 5.91. The molecule has 176 valence electrons. The molecule has 32 heavy (non-hydrogen) atoms. The smallest absolute Gasteiger partial charge is 0.334 e. The lowest BCUT2D eigenvalue weighted by Crippen LogP contribution is -2.46. The van der Waals surface area contributed by atoms with E-state index in [0.29, 0.717) is 31.1 Å². The third-order valence-electron chi connectivity index (χ3n) is 5.81. The minimum absolute atomic E-state index is 0.0434. The van der Waals surface area contributed by atoms with Crippen molar-refractivity contribution in [3.8, 4) is 0 Å².